The average Bonchev–Trinajstić information content (AvgIpc) is 2.70. The van der Waals surface area contributed by atoms with Gasteiger partial charge in [-0.3, -0.25) is 0 Å². The van der Waals surface area contributed by atoms with E-state index < -0.39 is 0 Å². The normalized spacial score (nSPS) is 23.6. The summed E-state index contributed by atoms with van der Waals surface area (Å²) in [6.07, 6.45) is 1.50. The van der Waals surface area contributed by atoms with Crippen LogP contribution >= 0.6 is 0 Å². The molecule has 1 heterocycles. The van der Waals surface area contributed by atoms with Crippen LogP contribution in [0.4, 0.5) is 0 Å². The quantitative estimate of drug-likeness (QED) is 0.701. The zero-order valence-electron chi connectivity index (χ0n) is 10.3. The van der Waals surface area contributed by atoms with E-state index in [1.165, 1.54) is 0 Å². The van der Waals surface area contributed by atoms with Gasteiger partial charge in [0.2, 0.25) is 0 Å². The number of ether oxygens (including phenoxy) is 2. The Bertz CT molecular complexity index is 156. The van der Waals surface area contributed by atoms with Crippen molar-refractivity contribution in [2.45, 2.75) is 33.3 Å². The molecule has 0 aromatic rings. The van der Waals surface area contributed by atoms with Gasteiger partial charge in [-0.1, -0.05) is 20.8 Å². The lowest BCUT2D eigenvalue weighted by atomic mass is 10.1. The topological polar surface area (TPSA) is 30.5 Å². The molecule has 2 unspecified atom stereocenters. The predicted molar refractivity (Wildman–Crippen MR) is 62.0 cm³/mol. The third-order valence-corrected chi connectivity index (χ3v) is 2.91. The number of nitrogens with one attached hydrogen (secondary N) is 1. The van der Waals surface area contributed by atoms with Crippen LogP contribution in [0.1, 0.15) is 27.2 Å². The minimum atomic E-state index is 0.338. The fourth-order valence-corrected chi connectivity index (χ4v) is 1.75. The van der Waals surface area contributed by atoms with E-state index in [0.29, 0.717) is 17.9 Å². The van der Waals surface area contributed by atoms with E-state index in [1.54, 1.807) is 0 Å². The fourth-order valence-electron chi connectivity index (χ4n) is 1.75. The van der Waals surface area contributed by atoms with Crippen LogP contribution in [0.15, 0.2) is 0 Å². The molecule has 3 nitrogen and oxygen atoms in total. The Morgan fingerprint density at radius 2 is 2.27 bits per heavy atom. The largest absolute Gasteiger partial charge is 0.381 e. The van der Waals surface area contributed by atoms with Crippen LogP contribution in [0.3, 0.4) is 0 Å². The Hall–Kier alpha value is -0.120. The number of likely N-dealkylation sites (N-methyl/N-ethyl adjacent to an activating group) is 1. The summed E-state index contributed by atoms with van der Waals surface area (Å²) in [5.74, 6) is 1.19. The average molecular weight is 215 g/mol. The van der Waals surface area contributed by atoms with E-state index in [-0.39, 0.29) is 0 Å². The van der Waals surface area contributed by atoms with E-state index in [2.05, 4.69) is 26.1 Å². The fraction of sp³-hybridized carbons (Fsp3) is 1.00. The highest BCUT2D eigenvalue weighted by Gasteiger charge is 2.19. The Labute approximate surface area is 93.5 Å². The predicted octanol–water partition coefficient (Wildman–Crippen LogP) is 1.67. The SMILES string of the molecule is CCNCC(OCC1CCOC1)C(C)C. The molecule has 1 rings (SSSR count). The molecule has 0 radical (unpaired) electrons. The van der Waals surface area contributed by atoms with Crippen molar-refractivity contribution in [2.24, 2.45) is 11.8 Å². The molecule has 0 spiro atoms. The van der Waals surface area contributed by atoms with E-state index in [0.717, 1.165) is 39.3 Å². The minimum absolute atomic E-state index is 0.338. The van der Waals surface area contributed by atoms with Crippen molar-refractivity contribution in [2.75, 3.05) is 32.9 Å². The maximum Gasteiger partial charge on any atom is 0.0722 e. The molecule has 1 fully saturated rings. The third-order valence-electron chi connectivity index (χ3n) is 2.91. The zero-order chi connectivity index (χ0) is 11.1. The molecule has 0 aliphatic carbocycles. The molecule has 2 atom stereocenters. The first kappa shape index (κ1) is 12.9. The highest BCUT2D eigenvalue weighted by molar-refractivity contribution is 4.68. The summed E-state index contributed by atoms with van der Waals surface area (Å²) in [4.78, 5) is 0. The van der Waals surface area contributed by atoms with Gasteiger partial charge in [-0.2, -0.15) is 0 Å². The third kappa shape index (κ3) is 4.96. The summed E-state index contributed by atoms with van der Waals surface area (Å²) in [5, 5.41) is 3.35. The van der Waals surface area contributed by atoms with Crippen molar-refractivity contribution in [3.05, 3.63) is 0 Å². The smallest absolute Gasteiger partial charge is 0.0722 e. The summed E-state index contributed by atoms with van der Waals surface area (Å²) in [6, 6.07) is 0. The molecule has 0 aromatic carbocycles. The zero-order valence-corrected chi connectivity index (χ0v) is 10.3. The monoisotopic (exact) mass is 215 g/mol. The molecule has 1 aliphatic rings. The lowest BCUT2D eigenvalue weighted by molar-refractivity contribution is 0.00139. The van der Waals surface area contributed by atoms with Crippen molar-refractivity contribution in [1.29, 1.82) is 0 Å². The molecule has 15 heavy (non-hydrogen) atoms. The highest BCUT2D eigenvalue weighted by Crippen LogP contribution is 2.15. The van der Waals surface area contributed by atoms with Crippen LogP contribution in [0.5, 0.6) is 0 Å². The van der Waals surface area contributed by atoms with Crippen molar-refractivity contribution in [1.82, 2.24) is 5.32 Å². The summed E-state index contributed by atoms with van der Waals surface area (Å²) < 4.78 is 11.3. The van der Waals surface area contributed by atoms with Gasteiger partial charge in [0.05, 0.1) is 19.3 Å². The lowest BCUT2D eigenvalue weighted by Gasteiger charge is -2.23. The van der Waals surface area contributed by atoms with Crippen molar-refractivity contribution < 1.29 is 9.47 Å². The summed E-state index contributed by atoms with van der Waals surface area (Å²) in [5.41, 5.74) is 0. The molecule has 1 N–H and O–H groups in total. The van der Waals surface area contributed by atoms with Gasteiger partial charge in [0.15, 0.2) is 0 Å². The van der Waals surface area contributed by atoms with E-state index in [1.807, 2.05) is 0 Å². The molecule has 3 heteroatoms. The molecule has 1 aliphatic heterocycles. The second-order valence-corrected chi connectivity index (χ2v) is 4.65. The van der Waals surface area contributed by atoms with Gasteiger partial charge in [-0.15, -0.1) is 0 Å². The van der Waals surface area contributed by atoms with Gasteiger partial charge in [-0.05, 0) is 18.9 Å². The van der Waals surface area contributed by atoms with Crippen molar-refractivity contribution in [3.63, 3.8) is 0 Å². The Morgan fingerprint density at radius 1 is 1.47 bits per heavy atom. The lowest BCUT2D eigenvalue weighted by Crippen LogP contribution is -2.34. The van der Waals surface area contributed by atoms with E-state index >= 15 is 0 Å². The molecule has 0 aromatic heterocycles. The highest BCUT2D eigenvalue weighted by atomic mass is 16.5. The molecular formula is C12H25NO2. The van der Waals surface area contributed by atoms with Gasteiger partial charge < -0.3 is 14.8 Å². The number of rotatable bonds is 7. The van der Waals surface area contributed by atoms with E-state index in [9.17, 15) is 0 Å². The molecule has 90 valence electrons. The van der Waals surface area contributed by atoms with Gasteiger partial charge >= 0.3 is 0 Å². The van der Waals surface area contributed by atoms with Gasteiger partial charge in [0, 0.05) is 19.1 Å². The first-order valence-electron chi connectivity index (χ1n) is 6.14. The Morgan fingerprint density at radius 3 is 2.80 bits per heavy atom. The number of hydrogen-bond acceptors (Lipinski definition) is 3. The summed E-state index contributed by atoms with van der Waals surface area (Å²) >= 11 is 0. The Balaban J connectivity index is 2.17. The van der Waals surface area contributed by atoms with Crippen LogP contribution < -0.4 is 5.32 Å². The molecule has 0 amide bonds. The standard InChI is InChI=1S/C12H25NO2/c1-4-13-7-12(10(2)3)15-9-11-5-6-14-8-11/h10-13H,4-9H2,1-3H3. The van der Waals surface area contributed by atoms with Crippen LogP contribution in [-0.2, 0) is 9.47 Å². The van der Waals surface area contributed by atoms with E-state index in [4.69, 9.17) is 9.47 Å². The second-order valence-electron chi connectivity index (χ2n) is 4.65. The van der Waals surface area contributed by atoms with Gasteiger partial charge in [0.25, 0.3) is 0 Å². The van der Waals surface area contributed by atoms with Crippen LogP contribution in [0, 0.1) is 11.8 Å². The maximum atomic E-state index is 5.95. The summed E-state index contributed by atoms with van der Waals surface area (Å²) in [6.45, 7) is 11.2. The van der Waals surface area contributed by atoms with Gasteiger partial charge in [0.1, 0.15) is 0 Å². The van der Waals surface area contributed by atoms with Gasteiger partial charge in [-0.25, -0.2) is 0 Å². The second kappa shape index (κ2) is 7.20. The molecule has 0 saturated carbocycles. The summed E-state index contributed by atoms with van der Waals surface area (Å²) in [7, 11) is 0. The van der Waals surface area contributed by atoms with Crippen molar-refractivity contribution in [3.8, 4) is 0 Å². The van der Waals surface area contributed by atoms with Crippen molar-refractivity contribution >= 4 is 0 Å². The Kier molecular flexibility index (Phi) is 6.22. The first-order chi connectivity index (χ1) is 7.24. The van der Waals surface area contributed by atoms with Crippen LogP contribution in [0.2, 0.25) is 0 Å². The minimum Gasteiger partial charge on any atom is -0.381 e. The van der Waals surface area contributed by atoms with Crippen LogP contribution in [0.25, 0.3) is 0 Å². The molecule has 1 saturated heterocycles. The first-order valence-corrected chi connectivity index (χ1v) is 6.14. The number of hydrogen-bond donors (Lipinski definition) is 1. The van der Waals surface area contributed by atoms with Crippen LogP contribution in [-0.4, -0.2) is 39.0 Å². The maximum absolute atomic E-state index is 5.95. The molecular weight excluding hydrogens is 190 g/mol. The molecule has 0 bridgehead atoms.